The summed E-state index contributed by atoms with van der Waals surface area (Å²) in [5.41, 5.74) is 3.66. The Morgan fingerprint density at radius 1 is 1.13 bits per heavy atom. The van der Waals surface area contributed by atoms with Gasteiger partial charge < -0.3 is 19.9 Å². The molecular formula is C24H19F3N4O7. The van der Waals surface area contributed by atoms with Gasteiger partial charge in [0, 0.05) is 0 Å². The summed E-state index contributed by atoms with van der Waals surface area (Å²) < 4.78 is 52.1. The average molecular weight is 532 g/mol. The van der Waals surface area contributed by atoms with Gasteiger partial charge in [-0.05, 0) is 24.1 Å². The molecule has 14 heteroatoms. The maximum absolute atomic E-state index is 13.1. The quantitative estimate of drug-likeness (QED) is 0.330. The zero-order valence-electron chi connectivity index (χ0n) is 20.0. The molecule has 2 N–H and O–H groups in total. The molecule has 11 nitrogen and oxygen atoms in total. The molecule has 1 unspecified atom stereocenters. The van der Waals surface area contributed by atoms with Crippen molar-refractivity contribution in [1.82, 2.24) is 0 Å². The number of benzene rings is 2. The number of nitro benzene ring substituents is 1. The summed E-state index contributed by atoms with van der Waals surface area (Å²) in [6, 6.07) is 11.2. The van der Waals surface area contributed by atoms with Crippen molar-refractivity contribution in [2.45, 2.75) is 19.2 Å². The minimum Gasteiger partial charge on any atom is -0.466 e. The molecule has 0 spiro atoms. The van der Waals surface area contributed by atoms with E-state index in [9.17, 15) is 38.1 Å². The van der Waals surface area contributed by atoms with Crippen molar-refractivity contribution >= 4 is 23.3 Å². The summed E-state index contributed by atoms with van der Waals surface area (Å²) >= 11 is 0. The second kappa shape index (κ2) is 10.5. The fourth-order valence-corrected chi connectivity index (χ4v) is 4.10. The van der Waals surface area contributed by atoms with Gasteiger partial charge in [0.1, 0.15) is 23.0 Å². The molecule has 3 rings (SSSR count). The number of hydrogen-bond donors (Lipinski definition) is 1. The molecule has 0 saturated carbocycles. The molecule has 1 atom stereocenters. The van der Waals surface area contributed by atoms with Gasteiger partial charge in [-0.2, -0.15) is 5.26 Å². The molecule has 0 aliphatic carbocycles. The Balaban J connectivity index is 2.48. The molecule has 1 aliphatic rings. The number of aryl methyl sites for hydroxylation is 1. The molecule has 0 saturated heterocycles. The Kier molecular flexibility index (Phi) is 7.61. The molecule has 1 heterocycles. The highest BCUT2D eigenvalue weighted by Gasteiger charge is 2.45. The number of nitriles is 1. The number of methoxy groups -OCH3 is 2. The number of nitrogens with two attached hydrogens (primary N) is 1. The second-order valence-electron chi connectivity index (χ2n) is 7.75. The number of ether oxygens (including phenoxy) is 3. The van der Waals surface area contributed by atoms with Crippen LogP contribution < -0.4 is 15.4 Å². The van der Waals surface area contributed by atoms with Gasteiger partial charge in [-0.15, -0.1) is 13.2 Å². The highest BCUT2D eigenvalue weighted by molar-refractivity contribution is 6.07. The Morgan fingerprint density at radius 3 is 2.24 bits per heavy atom. The van der Waals surface area contributed by atoms with Gasteiger partial charge in [-0.25, -0.2) is 9.59 Å². The molecule has 1 aliphatic heterocycles. The van der Waals surface area contributed by atoms with Gasteiger partial charge in [0.25, 0.3) is 5.69 Å². The molecule has 0 bridgehead atoms. The first-order chi connectivity index (χ1) is 17.9. The van der Waals surface area contributed by atoms with Gasteiger partial charge >= 0.3 is 18.3 Å². The molecular weight excluding hydrogens is 513 g/mol. The Bertz CT molecular complexity index is 1410. The van der Waals surface area contributed by atoms with Crippen LogP contribution in [0.15, 0.2) is 65.1 Å². The molecule has 198 valence electrons. The number of esters is 2. The number of halogens is 3. The first-order valence-electron chi connectivity index (χ1n) is 10.6. The summed E-state index contributed by atoms with van der Waals surface area (Å²) in [6.45, 7) is 1.20. The predicted octanol–water partition coefficient (Wildman–Crippen LogP) is 3.70. The molecule has 0 fully saturated rings. The van der Waals surface area contributed by atoms with Crippen molar-refractivity contribution in [2.24, 2.45) is 5.73 Å². The van der Waals surface area contributed by atoms with E-state index in [-0.39, 0.29) is 11.1 Å². The van der Waals surface area contributed by atoms with Crippen LogP contribution in [0.2, 0.25) is 0 Å². The molecule has 0 amide bonds. The summed E-state index contributed by atoms with van der Waals surface area (Å²) in [4.78, 5) is 37.9. The molecule has 38 heavy (non-hydrogen) atoms. The third kappa shape index (κ3) is 5.07. The number of alkyl halides is 3. The number of carbonyl (C=O) groups excluding carboxylic acids is 2. The van der Waals surface area contributed by atoms with Crippen molar-refractivity contribution in [2.75, 3.05) is 19.1 Å². The van der Waals surface area contributed by atoms with E-state index >= 15 is 0 Å². The van der Waals surface area contributed by atoms with E-state index < -0.39 is 63.4 Å². The van der Waals surface area contributed by atoms with E-state index in [1.54, 1.807) is 30.3 Å². The van der Waals surface area contributed by atoms with Crippen molar-refractivity contribution in [3.8, 4) is 11.8 Å². The summed E-state index contributed by atoms with van der Waals surface area (Å²) in [7, 11) is 1.99. The number of rotatable bonds is 6. The van der Waals surface area contributed by atoms with E-state index in [4.69, 9.17) is 15.2 Å². The fourth-order valence-electron chi connectivity index (χ4n) is 4.10. The molecule has 0 radical (unpaired) electrons. The Morgan fingerprint density at radius 2 is 1.74 bits per heavy atom. The zero-order chi connectivity index (χ0) is 28.4. The van der Waals surface area contributed by atoms with E-state index in [0.29, 0.717) is 11.6 Å². The third-order valence-corrected chi connectivity index (χ3v) is 5.52. The van der Waals surface area contributed by atoms with Crippen molar-refractivity contribution < 1.29 is 41.9 Å². The molecule has 2 aromatic rings. The third-order valence-electron chi connectivity index (χ3n) is 5.52. The Hall–Kier alpha value is -5.06. The maximum Gasteiger partial charge on any atom is 0.573 e. The number of allylic oxidation sites excluding steroid dienone is 1. The van der Waals surface area contributed by atoms with Crippen molar-refractivity contribution in [1.29, 1.82) is 5.26 Å². The molecule has 0 aromatic heterocycles. The fraction of sp³-hybridized carbons (Fsp3) is 0.208. The van der Waals surface area contributed by atoms with Crippen molar-refractivity contribution in [3.05, 3.63) is 86.4 Å². The van der Waals surface area contributed by atoms with Crippen LogP contribution in [0, 0.1) is 28.4 Å². The lowest BCUT2D eigenvalue weighted by molar-refractivity contribution is -0.384. The number of nitrogens with zero attached hydrogens (tertiary/aromatic N) is 3. The monoisotopic (exact) mass is 532 g/mol. The standard InChI is InChI=1S/C24H19F3N4O7/c1-12-9-14(38-24(25,26)27)10-16(31(34)35)19(12)30-20(23(33)37-3)18(22(32)36-2)17(15(11-28)21(30)29)13-7-5-4-6-8-13/h4-10,17H,29H2,1-3H3. The topological polar surface area (TPSA) is 158 Å². The number of carbonyl (C=O) groups is 2. The van der Waals surface area contributed by atoms with Crippen LogP contribution in [0.3, 0.4) is 0 Å². The highest BCUT2D eigenvalue weighted by atomic mass is 19.4. The van der Waals surface area contributed by atoms with Crippen LogP contribution in [0.5, 0.6) is 5.75 Å². The van der Waals surface area contributed by atoms with Crippen LogP contribution >= 0.6 is 0 Å². The summed E-state index contributed by atoms with van der Waals surface area (Å²) in [5.74, 6) is -4.92. The minimum atomic E-state index is -5.15. The van der Waals surface area contributed by atoms with Gasteiger partial charge in [-0.3, -0.25) is 15.0 Å². The van der Waals surface area contributed by atoms with Crippen LogP contribution in [0.1, 0.15) is 17.0 Å². The number of nitro groups is 1. The number of anilines is 1. The Labute approximate surface area is 213 Å². The number of hydrogen-bond acceptors (Lipinski definition) is 10. The van der Waals surface area contributed by atoms with E-state index in [2.05, 4.69) is 4.74 Å². The van der Waals surface area contributed by atoms with Gasteiger partial charge in [0.15, 0.2) is 0 Å². The largest absolute Gasteiger partial charge is 0.573 e. The lowest BCUT2D eigenvalue weighted by atomic mass is 9.80. The van der Waals surface area contributed by atoms with Crippen molar-refractivity contribution in [3.63, 3.8) is 0 Å². The van der Waals surface area contributed by atoms with Crippen LogP contribution in [0.4, 0.5) is 24.5 Å². The summed E-state index contributed by atoms with van der Waals surface area (Å²) in [6.07, 6.45) is -5.15. The molecule has 2 aromatic carbocycles. The zero-order valence-corrected chi connectivity index (χ0v) is 20.0. The second-order valence-corrected chi connectivity index (χ2v) is 7.75. The van der Waals surface area contributed by atoms with E-state index in [1.807, 2.05) is 6.07 Å². The first kappa shape index (κ1) is 27.5. The van der Waals surface area contributed by atoms with Gasteiger partial charge in [-0.1, -0.05) is 30.3 Å². The van der Waals surface area contributed by atoms with Crippen LogP contribution in [-0.4, -0.2) is 37.4 Å². The maximum atomic E-state index is 13.1. The SMILES string of the molecule is COC(=O)C1=C(C(=O)OC)N(c2c(C)cc(OC(F)(F)F)cc2[N+](=O)[O-])C(N)=C(C#N)C1c1ccccc1. The highest BCUT2D eigenvalue weighted by Crippen LogP contribution is 2.47. The van der Waals surface area contributed by atoms with Crippen LogP contribution in [0.25, 0.3) is 0 Å². The minimum absolute atomic E-state index is 0.206. The normalized spacial score (nSPS) is 15.6. The lowest BCUT2D eigenvalue weighted by Gasteiger charge is -2.36. The van der Waals surface area contributed by atoms with E-state index in [0.717, 1.165) is 25.2 Å². The first-order valence-corrected chi connectivity index (χ1v) is 10.6. The van der Waals surface area contributed by atoms with Crippen LogP contribution in [-0.2, 0) is 19.1 Å². The lowest BCUT2D eigenvalue weighted by Crippen LogP contribution is -2.41. The van der Waals surface area contributed by atoms with Gasteiger partial charge in [0.05, 0.1) is 48.3 Å². The predicted molar refractivity (Wildman–Crippen MR) is 124 cm³/mol. The van der Waals surface area contributed by atoms with Gasteiger partial charge in [0.2, 0.25) is 0 Å². The average Bonchev–Trinajstić information content (AvgIpc) is 2.86. The van der Waals surface area contributed by atoms with E-state index in [1.165, 1.54) is 6.92 Å². The summed E-state index contributed by atoms with van der Waals surface area (Å²) in [5, 5.41) is 22.0. The smallest absolute Gasteiger partial charge is 0.466 e.